The summed E-state index contributed by atoms with van der Waals surface area (Å²) in [5.74, 6) is 1.12. The molecule has 0 aromatic heterocycles. The van der Waals surface area contributed by atoms with E-state index >= 15 is 0 Å². The number of halogens is 1. The smallest absolute Gasteiger partial charge is 0.251 e. The zero-order valence-corrected chi connectivity index (χ0v) is 13.5. The highest BCUT2D eigenvalue weighted by atomic mass is 35.5. The monoisotopic (exact) mass is 319 g/mol. The molecule has 0 saturated carbocycles. The van der Waals surface area contributed by atoms with Crippen molar-refractivity contribution in [1.29, 1.82) is 0 Å². The van der Waals surface area contributed by atoms with Crippen molar-refractivity contribution < 1.29 is 14.3 Å². The Hall–Kier alpha value is -2.20. The van der Waals surface area contributed by atoms with Gasteiger partial charge < -0.3 is 14.8 Å². The van der Waals surface area contributed by atoms with E-state index in [0.717, 1.165) is 11.1 Å². The van der Waals surface area contributed by atoms with Gasteiger partial charge in [-0.25, -0.2) is 0 Å². The molecule has 0 aliphatic carbocycles. The predicted octanol–water partition coefficient (Wildman–Crippen LogP) is 3.60. The lowest BCUT2D eigenvalue weighted by molar-refractivity contribution is 0.0951. The third-order valence-electron chi connectivity index (χ3n) is 3.34. The SMILES string of the molecule is COc1ccc(CNC(=O)c2ccc(C)c(Cl)c2)cc1OC. The van der Waals surface area contributed by atoms with Crippen molar-refractivity contribution in [3.8, 4) is 11.5 Å². The van der Waals surface area contributed by atoms with Crippen LogP contribution in [0, 0.1) is 6.92 Å². The summed E-state index contributed by atoms with van der Waals surface area (Å²) in [5, 5.41) is 3.44. The van der Waals surface area contributed by atoms with Crippen molar-refractivity contribution in [3.05, 3.63) is 58.1 Å². The van der Waals surface area contributed by atoms with E-state index < -0.39 is 0 Å². The van der Waals surface area contributed by atoms with Crippen LogP contribution in [-0.4, -0.2) is 20.1 Å². The van der Waals surface area contributed by atoms with E-state index in [4.69, 9.17) is 21.1 Å². The molecule has 0 aliphatic rings. The van der Waals surface area contributed by atoms with Gasteiger partial charge in [0.05, 0.1) is 14.2 Å². The van der Waals surface area contributed by atoms with Crippen molar-refractivity contribution in [3.63, 3.8) is 0 Å². The van der Waals surface area contributed by atoms with Gasteiger partial charge in [0.1, 0.15) is 0 Å². The highest BCUT2D eigenvalue weighted by Gasteiger charge is 2.09. The van der Waals surface area contributed by atoms with E-state index in [2.05, 4.69) is 5.32 Å². The lowest BCUT2D eigenvalue weighted by Gasteiger charge is -2.10. The van der Waals surface area contributed by atoms with Crippen molar-refractivity contribution in [1.82, 2.24) is 5.32 Å². The van der Waals surface area contributed by atoms with Crippen molar-refractivity contribution in [2.24, 2.45) is 0 Å². The summed E-state index contributed by atoms with van der Waals surface area (Å²) >= 11 is 6.04. The van der Waals surface area contributed by atoms with Gasteiger partial charge in [-0.3, -0.25) is 4.79 Å². The molecule has 0 atom stereocenters. The van der Waals surface area contributed by atoms with Gasteiger partial charge in [-0.2, -0.15) is 0 Å². The molecule has 0 saturated heterocycles. The molecule has 0 radical (unpaired) electrons. The Balaban J connectivity index is 2.06. The number of methoxy groups -OCH3 is 2. The molecule has 2 aromatic carbocycles. The van der Waals surface area contributed by atoms with Gasteiger partial charge >= 0.3 is 0 Å². The second-order valence-electron chi connectivity index (χ2n) is 4.84. The topological polar surface area (TPSA) is 47.6 Å². The second kappa shape index (κ2) is 7.18. The fraction of sp³-hybridized carbons (Fsp3) is 0.235. The number of ether oxygens (including phenoxy) is 2. The molecule has 116 valence electrons. The maximum absolute atomic E-state index is 12.1. The fourth-order valence-corrected chi connectivity index (χ4v) is 2.19. The van der Waals surface area contributed by atoms with Crippen LogP contribution in [0.4, 0.5) is 0 Å². The lowest BCUT2D eigenvalue weighted by Crippen LogP contribution is -2.22. The number of aryl methyl sites for hydroxylation is 1. The Bertz CT molecular complexity index is 686. The van der Waals surface area contributed by atoms with Gasteiger partial charge in [0, 0.05) is 17.1 Å². The molecule has 5 heteroatoms. The molecule has 2 aromatic rings. The first-order valence-corrected chi connectivity index (χ1v) is 7.18. The Morgan fingerprint density at radius 1 is 1.09 bits per heavy atom. The van der Waals surface area contributed by atoms with Crippen LogP contribution in [0.1, 0.15) is 21.5 Å². The molecule has 0 bridgehead atoms. The molecule has 0 unspecified atom stereocenters. The zero-order chi connectivity index (χ0) is 16.1. The summed E-state index contributed by atoms with van der Waals surface area (Å²) < 4.78 is 10.4. The number of rotatable bonds is 5. The first-order valence-electron chi connectivity index (χ1n) is 6.80. The van der Waals surface area contributed by atoms with Crippen LogP contribution < -0.4 is 14.8 Å². The van der Waals surface area contributed by atoms with E-state index in [1.165, 1.54) is 0 Å². The number of carbonyl (C=O) groups excluding carboxylic acids is 1. The van der Waals surface area contributed by atoms with E-state index in [1.54, 1.807) is 26.4 Å². The Kier molecular flexibility index (Phi) is 5.28. The number of amides is 1. The number of hydrogen-bond donors (Lipinski definition) is 1. The Morgan fingerprint density at radius 2 is 1.82 bits per heavy atom. The summed E-state index contributed by atoms with van der Waals surface area (Å²) in [5.41, 5.74) is 2.40. The van der Waals surface area contributed by atoms with Gasteiger partial charge in [-0.1, -0.05) is 23.7 Å². The van der Waals surface area contributed by atoms with Gasteiger partial charge in [0.25, 0.3) is 5.91 Å². The highest BCUT2D eigenvalue weighted by Crippen LogP contribution is 2.27. The standard InChI is InChI=1S/C17H18ClNO3/c1-11-4-6-13(9-14(11)18)17(20)19-10-12-5-7-15(21-2)16(8-12)22-3/h4-9H,10H2,1-3H3,(H,19,20). The minimum Gasteiger partial charge on any atom is -0.493 e. The van der Waals surface area contributed by atoms with Crippen LogP contribution in [0.25, 0.3) is 0 Å². The van der Waals surface area contributed by atoms with Crippen LogP contribution >= 0.6 is 11.6 Å². The zero-order valence-electron chi connectivity index (χ0n) is 12.8. The fourth-order valence-electron chi connectivity index (χ4n) is 2.01. The average Bonchev–Trinajstić information content (AvgIpc) is 2.54. The summed E-state index contributed by atoms with van der Waals surface area (Å²) in [6.07, 6.45) is 0. The maximum Gasteiger partial charge on any atom is 0.251 e. The molecular weight excluding hydrogens is 302 g/mol. The highest BCUT2D eigenvalue weighted by molar-refractivity contribution is 6.31. The quantitative estimate of drug-likeness (QED) is 0.916. The molecule has 0 spiro atoms. The number of benzene rings is 2. The van der Waals surface area contributed by atoms with Crippen molar-refractivity contribution in [2.75, 3.05) is 14.2 Å². The predicted molar refractivity (Wildman–Crippen MR) is 86.9 cm³/mol. The third-order valence-corrected chi connectivity index (χ3v) is 3.74. The largest absolute Gasteiger partial charge is 0.493 e. The number of carbonyl (C=O) groups is 1. The van der Waals surface area contributed by atoms with Crippen LogP contribution in [0.3, 0.4) is 0 Å². The summed E-state index contributed by atoms with van der Waals surface area (Å²) in [7, 11) is 3.16. The average molecular weight is 320 g/mol. The first-order chi connectivity index (χ1) is 10.5. The summed E-state index contributed by atoms with van der Waals surface area (Å²) in [4.78, 5) is 12.1. The molecule has 0 fully saturated rings. The van der Waals surface area contributed by atoms with E-state index in [1.807, 2.05) is 31.2 Å². The van der Waals surface area contributed by atoms with Crippen molar-refractivity contribution >= 4 is 17.5 Å². The molecule has 1 amide bonds. The van der Waals surface area contributed by atoms with Gasteiger partial charge in [0.15, 0.2) is 11.5 Å². The first kappa shape index (κ1) is 16.2. The maximum atomic E-state index is 12.1. The van der Waals surface area contributed by atoms with Crippen LogP contribution in [-0.2, 0) is 6.54 Å². The number of nitrogens with one attached hydrogen (secondary N) is 1. The molecule has 0 heterocycles. The Labute approximate surface area is 135 Å². The van der Waals surface area contributed by atoms with Gasteiger partial charge in [-0.15, -0.1) is 0 Å². The molecule has 22 heavy (non-hydrogen) atoms. The van der Waals surface area contributed by atoms with Crippen LogP contribution in [0.2, 0.25) is 5.02 Å². The third kappa shape index (κ3) is 3.71. The van der Waals surface area contributed by atoms with E-state index in [0.29, 0.717) is 28.6 Å². The molecular formula is C17H18ClNO3. The summed E-state index contributed by atoms with van der Waals surface area (Å²) in [6, 6.07) is 10.8. The van der Waals surface area contributed by atoms with Gasteiger partial charge in [-0.05, 0) is 42.3 Å². The minimum absolute atomic E-state index is 0.170. The molecule has 0 aliphatic heterocycles. The van der Waals surface area contributed by atoms with E-state index in [9.17, 15) is 4.79 Å². The normalized spacial score (nSPS) is 10.2. The molecule has 1 N–H and O–H groups in total. The second-order valence-corrected chi connectivity index (χ2v) is 5.24. The van der Waals surface area contributed by atoms with Crippen LogP contribution in [0.15, 0.2) is 36.4 Å². The van der Waals surface area contributed by atoms with Crippen molar-refractivity contribution in [2.45, 2.75) is 13.5 Å². The Morgan fingerprint density at radius 3 is 2.45 bits per heavy atom. The molecule has 4 nitrogen and oxygen atoms in total. The lowest BCUT2D eigenvalue weighted by atomic mass is 10.1. The van der Waals surface area contributed by atoms with Crippen LogP contribution in [0.5, 0.6) is 11.5 Å². The van der Waals surface area contributed by atoms with Gasteiger partial charge in [0.2, 0.25) is 0 Å². The van der Waals surface area contributed by atoms with E-state index in [-0.39, 0.29) is 5.91 Å². The minimum atomic E-state index is -0.170. The summed E-state index contributed by atoms with van der Waals surface area (Å²) in [6.45, 7) is 2.29. The molecule has 2 rings (SSSR count). The number of hydrogen-bond acceptors (Lipinski definition) is 3.